The predicted molar refractivity (Wildman–Crippen MR) is 65.6 cm³/mol. The highest BCUT2D eigenvalue weighted by atomic mass is 16.5. The summed E-state index contributed by atoms with van der Waals surface area (Å²) in [6, 6.07) is 6.20. The molecule has 0 bridgehead atoms. The van der Waals surface area contributed by atoms with E-state index in [1.165, 1.54) is 12.1 Å². The van der Waals surface area contributed by atoms with Crippen LogP contribution in [0.25, 0.3) is 0 Å². The fraction of sp³-hybridized carbons (Fsp3) is 0.385. The van der Waals surface area contributed by atoms with Gasteiger partial charge in [0.25, 0.3) is 0 Å². The summed E-state index contributed by atoms with van der Waals surface area (Å²) in [5.74, 6) is -1.29. The zero-order valence-corrected chi connectivity index (χ0v) is 10.1. The highest BCUT2D eigenvalue weighted by Gasteiger charge is 2.28. The largest absolute Gasteiger partial charge is 0.478 e. The van der Waals surface area contributed by atoms with Crippen molar-refractivity contribution in [3.05, 3.63) is 29.8 Å². The van der Waals surface area contributed by atoms with Gasteiger partial charge in [0.2, 0.25) is 5.91 Å². The summed E-state index contributed by atoms with van der Waals surface area (Å²) in [4.78, 5) is 22.7. The van der Waals surface area contributed by atoms with Gasteiger partial charge in [0.15, 0.2) is 0 Å². The summed E-state index contributed by atoms with van der Waals surface area (Å²) < 4.78 is 5.33. The molecule has 1 fully saturated rings. The van der Waals surface area contributed by atoms with Crippen molar-refractivity contribution in [2.75, 3.05) is 11.9 Å². The molecule has 0 spiro atoms. The number of carbonyl (C=O) groups is 2. The second-order valence-corrected chi connectivity index (χ2v) is 4.45. The van der Waals surface area contributed by atoms with Gasteiger partial charge in [-0.3, -0.25) is 4.79 Å². The Morgan fingerprint density at radius 1 is 1.44 bits per heavy atom. The van der Waals surface area contributed by atoms with Crippen LogP contribution in [0.4, 0.5) is 5.69 Å². The SMILES string of the molecule is CC1CC(C(=O)Nc2cccc(C(=O)O)c2)CO1. The van der Waals surface area contributed by atoms with Gasteiger partial charge in [0, 0.05) is 5.69 Å². The number of carboxylic acids is 1. The number of rotatable bonds is 3. The molecular formula is C13H15NO4. The molecule has 0 aromatic heterocycles. The van der Waals surface area contributed by atoms with Crippen molar-refractivity contribution in [3.8, 4) is 0 Å². The van der Waals surface area contributed by atoms with E-state index in [-0.39, 0.29) is 23.5 Å². The number of nitrogens with one attached hydrogen (secondary N) is 1. The number of hydrogen-bond donors (Lipinski definition) is 2. The third-order valence-electron chi connectivity index (χ3n) is 2.95. The van der Waals surface area contributed by atoms with Crippen molar-refractivity contribution < 1.29 is 19.4 Å². The number of aromatic carboxylic acids is 1. The van der Waals surface area contributed by atoms with Crippen LogP contribution < -0.4 is 5.32 Å². The molecule has 1 amide bonds. The van der Waals surface area contributed by atoms with Crippen molar-refractivity contribution in [2.24, 2.45) is 5.92 Å². The van der Waals surface area contributed by atoms with E-state index in [1.807, 2.05) is 6.92 Å². The van der Waals surface area contributed by atoms with Gasteiger partial charge in [-0.2, -0.15) is 0 Å². The standard InChI is InChI=1S/C13H15NO4/c1-8-5-10(7-18-8)12(15)14-11-4-2-3-9(6-11)13(16)17/h2-4,6,8,10H,5,7H2,1H3,(H,14,15)(H,16,17). The molecule has 1 heterocycles. The second kappa shape index (κ2) is 5.18. The van der Waals surface area contributed by atoms with Crippen LogP contribution in [0, 0.1) is 5.92 Å². The first-order valence-corrected chi connectivity index (χ1v) is 5.82. The van der Waals surface area contributed by atoms with Gasteiger partial charge in [0.1, 0.15) is 0 Å². The van der Waals surface area contributed by atoms with Gasteiger partial charge >= 0.3 is 5.97 Å². The molecule has 1 aliphatic rings. The minimum absolute atomic E-state index is 0.103. The van der Waals surface area contributed by atoms with E-state index in [2.05, 4.69) is 5.32 Å². The van der Waals surface area contributed by atoms with E-state index in [9.17, 15) is 9.59 Å². The normalized spacial score (nSPS) is 22.7. The smallest absolute Gasteiger partial charge is 0.335 e. The third kappa shape index (κ3) is 2.87. The Morgan fingerprint density at radius 3 is 2.83 bits per heavy atom. The lowest BCUT2D eigenvalue weighted by molar-refractivity contribution is -0.119. The van der Waals surface area contributed by atoms with Crippen molar-refractivity contribution >= 4 is 17.6 Å². The predicted octanol–water partition coefficient (Wildman–Crippen LogP) is 1.75. The first-order valence-electron chi connectivity index (χ1n) is 5.82. The van der Waals surface area contributed by atoms with Gasteiger partial charge in [-0.15, -0.1) is 0 Å². The van der Waals surface area contributed by atoms with Crippen LogP contribution in [-0.2, 0) is 9.53 Å². The molecule has 1 aromatic carbocycles. The maximum Gasteiger partial charge on any atom is 0.335 e. The Morgan fingerprint density at radius 2 is 2.22 bits per heavy atom. The van der Waals surface area contributed by atoms with E-state index >= 15 is 0 Å². The number of hydrogen-bond acceptors (Lipinski definition) is 3. The fourth-order valence-corrected chi connectivity index (χ4v) is 1.97. The molecule has 2 unspecified atom stereocenters. The molecule has 2 rings (SSSR count). The lowest BCUT2D eigenvalue weighted by Gasteiger charge is -2.09. The molecule has 5 heteroatoms. The van der Waals surface area contributed by atoms with Crippen LogP contribution in [0.2, 0.25) is 0 Å². The Hall–Kier alpha value is -1.88. The van der Waals surface area contributed by atoms with Gasteiger partial charge in [0.05, 0.1) is 24.2 Å². The first-order chi connectivity index (χ1) is 8.56. The molecule has 1 aromatic rings. The van der Waals surface area contributed by atoms with E-state index in [4.69, 9.17) is 9.84 Å². The van der Waals surface area contributed by atoms with Crippen molar-refractivity contribution in [2.45, 2.75) is 19.4 Å². The lowest BCUT2D eigenvalue weighted by atomic mass is 10.1. The van der Waals surface area contributed by atoms with Crippen LogP contribution in [0.5, 0.6) is 0 Å². The zero-order valence-electron chi connectivity index (χ0n) is 10.1. The molecule has 2 N–H and O–H groups in total. The molecular weight excluding hydrogens is 234 g/mol. The topological polar surface area (TPSA) is 75.6 Å². The third-order valence-corrected chi connectivity index (χ3v) is 2.95. The zero-order chi connectivity index (χ0) is 13.1. The number of amides is 1. The number of ether oxygens (including phenoxy) is 1. The summed E-state index contributed by atoms with van der Waals surface area (Å²) >= 11 is 0. The minimum Gasteiger partial charge on any atom is -0.478 e. The van der Waals surface area contributed by atoms with E-state index < -0.39 is 5.97 Å². The van der Waals surface area contributed by atoms with Crippen molar-refractivity contribution in [3.63, 3.8) is 0 Å². The van der Waals surface area contributed by atoms with Crippen LogP contribution >= 0.6 is 0 Å². The molecule has 0 radical (unpaired) electrons. The monoisotopic (exact) mass is 249 g/mol. The minimum atomic E-state index is -1.01. The average Bonchev–Trinajstić information content (AvgIpc) is 2.76. The van der Waals surface area contributed by atoms with Gasteiger partial charge in [-0.25, -0.2) is 4.79 Å². The van der Waals surface area contributed by atoms with Crippen LogP contribution in [-0.4, -0.2) is 29.7 Å². The maximum atomic E-state index is 11.9. The highest BCUT2D eigenvalue weighted by Crippen LogP contribution is 2.21. The van der Waals surface area contributed by atoms with Crippen LogP contribution in [0.15, 0.2) is 24.3 Å². The Balaban J connectivity index is 2.03. The fourth-order valence-electron chi connectivity index (χ4n) is 1.97. The summed E-state index contributed by atoms with van der Waals surface area (Å²) in [7, 11) is 0. The van der Waals surface area contributed by atoms with E-state index in [1.54, 1.807) is 12.1 Å². The summed E-state index contributed by atoms with van der Waals surface area (Å²) in [5, 5.41) is 11.6. The molecule has 0 saturated carbocycles. The van der Waals surface area contributed by atoms with Crippen molar-refractivity contribution in [1.82, 2.24) is 0 Å². The number of benzene rings is 1. The average molecular weight is 249 g/mol. The van der Waals surface area contributed by atoms with E-state index in [0.717, 1.165) is 0 Å². The molecule has 1 saturated heterocycles. The highest BCUT2D eigenvalue weighted by molar-refractivity contribution is 5.95. The second-order valence-electron chi connectivity index (χ2n) is 4.45. The number of carboxylic acid groups (broad SMARTS) is 1. The van der Waals surface area contributed by atoms with Crippen LogP contribution in [0.3, 0.4) is 0 Å². The van der Waals surface area contributed by atoms with Gasteiger partial charge in [-0.1, -0.05) is 6.07 Å². The molecule has 2 atom stereocenters. The Kier molecular flexibility index (Phi) is 3.62. The lowest BCUT2D eigenvalue weighted by Crippen LogP contribution is -2.23. The summed E-state index contributed by atoms with van der Waals surface area (Å²) in [6.45, 7) is 2.35. The molecule has 18 heavy (non-hydrogen) atoms. The number of carbonyl (C=O) groups excluding carboxylic acids is 1. The maximum absolute atomic E-state index is 11.9. The van der Waals surface area contributed by atoms with Gasteiger partial charge in [-0.05, 0) is 31.5 Å². The van der Waals surface area contributed by atoms with Crippen molar-refractivity contribution in [1.29, 1.82) is 0 Å². The molecule has 96 valence electrons. The Bertz CT molecular complexity index is 472. The molecule has 1 aliphatic heterocycles. The molecule has 0 aliphatic carbocycles. The Labute approximate surface area is 105 Å². The first kappa shape index (κ1) is 12.6. The summed E-state index contributed by atoms with van der Waals surface area (Å²) in [6.07, 6.45) is 0.802. The quantitative estimate of drug-likeness (QED) is 0.855. The van der Waals surface area contributed by atoms with Gasteiger partial charge < -0.3 is 15.2 Å². The van der Waals surface area contributed by atoms with E-state index in [0.29, 0.717) is 18.7 Å². The van der Waals surface area contributed by atoms with Crippen LogP contribution in [0.1, 0.15) is 23.7 Å². The number of anilines is 1. The molecule has 5 nitrogen and oxygen atoms in total. The summed E-state index contributed by atoms with van der Waals surface area (Å²) in [5.41, 5.74) is 0.656.